The molecule has 0 radical (unpaired) electrons. The van der Waals surface area contributed by atoms with E-state index in [2.05, 4.69) is 31.6 Å². The number of aromatic nitrogens is 2. The zero-order valence-electron chi connectivity index (χ0n) is 14.5. The standard InChI is InChI=1S/C19H17BrN4O3/c1-27-18-7-2-13(8-15(18)11-24-12-16(20)10-22-24)9-21-23-19(26)14-3-5-17(25)6-4-14/h2-10,12,25H,11H2,1H3,(H,23,26). The molecular weight excluding hydrogens is 412 g/mol. The second-order valence-electron chi connectivity index (χ2n) is 5.67. The molecule has 3 rings (SSSR count). The van der Waals surface area contributed by atoms with Gasteiger partial charge in [-0.15, -0.1) is 0 Å². The first kappa shape index (κ1) is 18.7. The molecule has 1 amide bonds. The summed E-state index contributed by atoms with van der Waals surface area (Å²) < 4.78 is 8.09. The Morgan fingerprint density at radius 2 is 2.11 bits per heavy atom. The molecule has 0 aliphatic heterocycles. The van der Waals surface area contributed by atoms with Crippen molar-refractivity contribution in [3.63, 3.8) is 0 Å². The van der Waals surface area contributed by atoms with Gasteiger partial charge >= 0.3 is 0 Å². The summed E-state index contributed by atoms with van der Waals surface area (Å²) in [7, 11) is 1.61. The van der Waals surface area contributed by atoms with Crippen LogP contribution in [-0.4, -0.2) is 34.1 Å². The molecule has 0 bridgehead atoms. The molecule has 0 saturated carbocycles. The van der Waals surface area contributed by atoms with Crippen molar-refractivity contribution in [2.75, 3.05) is 7.11 Å². The number of hydrogen-bond acceptors (Lipinski definition) is 5. The van der Waals surface area contributed by atoms with Gasteiger partial charge in [-0.2, -0.15) is 10.2 Å². The molecule has 0 aliphatic carbocycles. The van der Waals surface area contributed by atoms with Gasteiger partial charge in [0, 0.05) is 17.3 Å². The van der Waals surface area contributed by atoms with Crippen LogP contribution in [0.5, 0.6) is 11.5 Å². The van der Waals surface area contributed by atoms with E-state index >= 15 is 0 Å². The first-order chi connectivity index (χ1) is 13.0. The minimum absolute atomic E-state index is 0.102. The van der Waals surface area contributed by atoms with Crippen LogP contribution in [0.1, 0.15) is 21.5 Å². The molecule has 2 N–H and O–H groups in total. The number of benzene rings is 2. The molecule has 8 heteroatoms. The Balaban J connectivity index is 1.70. The summed E-state index contributed by atoms with van der Waals surface area (Å²) in [5, 5.41) is 17.5. The molecule has 0 saturated heterocycles. The van der Waals surface area contributed by atoms with Gasteiger partial charge in [0.05, 0.1) is 30.5 Å². The number of phenols is 1. The Morgan fingerprint density at radius 1 is 1.33 bits per heavy atom. The van der Waals surface area contributed by atoms with Crippen molar-refractivity contribution in [2.45, 2.75) is 6.54 Å². The number of hydrogen-bond donors (Lipinski definition) is 2. The van der Waals surface area contributed by atoms with Crippen molar-refractivity contribution in [3.8, 4) is 11.5 Å². The number of methoxy groups -OCH3 is 1. The predicted molar refractivity (Wildman–Crippen MR) is 105 cm³/mol. The van der Waals surface area contributed by atoms with Gasteiger partial charge in [-0.1, -0.05) is 0 Å². The van der Waals surface area contributed by atoms with Gasteiger partial charge in [0.2, 0.25) is 0 Å². The van der Waals surface area contributed by atoms with Crippen LogP contribution >= 0.6 is 15.9 Å². The normalized spacial score (nSPS) is 10.9. The summed E-state index contributed by atoms with van der Waals surface area (Å²) in [4.78, 5) is 12.0. The Hall–Kier alpha value is -3.13. The van der Waals surface area contributed by atoms with Crippen molar-refractivity contribution >= 4 is 28.1 Å². The smallest absolute Gasteiger partial charge is 0.271 e. The van der Waals surface area contributed by atoms with Crippen LogP contribution in [0.15, 0.2) is 64.4 Å². The van der Waals surface area contributed by atoms with Crippen LogP contribution in [0.4, 0.5) is 0 Å². The number of aromatic hydroxyl groups is 1. The van der Waals surface area contributed by atoms with Crippen molar-refractivity contribution in [3.05, 3.63) is 76.0 Å². The molecule has 1 aromatic heterocycles. The second-order valence-corrected chi connectivity index (χ2v) is 6.59. The number of carbonyl (C=O) groups excluding carboxylic acids is 1. The van der Waals surface area contributed by atoms with Crippen LogP contribution < -0.4 is 10.2 Å². The summed E-state index contributed by atoms with van der Waals surface area (Å²) in [6.45, 7) is 0.538. The summed E-state index contributed by atoms with van der Waals surface area (Å²) >= 11 is 3.38. The Labute approximate surface area is 164 Å². The van der Waals surface area contributed by atoms with E-state index in [9.17, 15) is 9.90 Å². The lowest BCUT2D eigenvalue weighted by Crippen LogP contribution is -2.17. The Morgan fingerprint density at radius 3 is 2.78 bits per heavy atom. The predicted octanol–water partition coefficient (Wildman–Crippen LogP) is 3.17. The SMILES string of the molecule is COc1ccc(C=NNC(=O)c2ccc(O)cc2)cc1Cn1cc(Br)cn1. The molecule has 0 unspecified atom stereocenters. The molecular formula is C19H17BrN4O3. The van der Waals surface area contributed by atoms with Crippen LogP contribution in [0.3, 0.4) is 0 Å². The number of ether oxygens (including phenoxy) is 1. The first-order valence-corrected chi connectivity index (χ1v) is 8.82. The maximum absolute atomic E-state index is 12.0. The highest BCUT2D eigenvalue weighted by Gasteiger charge is 2.07. The quantitative estimate of drug-likeness (QED) is 0.466. The third-order valence-electron chi connectivity index (χ3n) is 3.75. The molecule has 0 fully saturated rings. The fourth-order valence-electron chi connectivity index (χ4n) is 2.44. The molecule has 7 nitrogen and oxygen atoms in total. The maximum Gasteiger partial charge on any atom is 0.271 e. The van der Waals surface area contributed by atoms with Gasteiger partial charge in [-0.25, -0.2) is 5.43 Å². The number of nitrogens with zero attached hydrogens (tertiary/aromatic N) is 3. The Kier molecular flexibility index (Phi) is 5.87. The molecule has 1 heterocycles. The number of amides is 1. The largest absolute Gasteiger partial charge is 0.508 e. The van der Waals surface area contributed by atoms with E-state index in [1.54, 1.807) is 24.2 Å². The summed E-state index contributed by atoms with van der Waals surface area (Å²) in [5.74, 6) is 0.485. The van der Waals surface area contributed by atoms with Gasteiger partial charge in [-0.3, -0.25) is 9.48 Å². The zero-order chi connectivity index (χ0) is 19.2. The molecule has 0 aliphatic rings. The van der Waals surface area contributed by atoms with Crippen LogP contribution in [0.25, 0.3) is 0 Å². The monoisotopic (exact) mass is 428 g/mol. The van der Waals surface area contributed by atoms with Crippen LogP contribution in [-0.2, 0) is 6.54 Å². The van der Waals surface area contributed by atoms with Crippen LogP contribution in [0, 0.1) is 0 Å². The minimum atomic E-state index is -0.360. The molecule has 0 spiro atoms. The zero-order valence-corrected chi connectivity index (χ0v) is 16.0. The number of nitrogens with one attached hydrogen (secondary N) is 1. The van der Waals surface area contributed by atoms with E-state index in [1.807, 2.05) is 24.4 Å². The lowest BCUT2D eigenvalue weighted by Gasteiger charge is -2.09. The first-order valence-electron chi connectivity index (χ1n) is 8.02. The van der Waals surface area contributed by atoms with E-state index in [1.165, 1.54) is 24.3 Å². The van der Waals surface area contributed by atoms with E-state index in [4.69, 9.17) is 4.74 Å². The van der Waals surface area contributed by atoms with Gasteiger partial charge in [0.25, 0.3) is 5.91 Å². The molecule has 0 atom stereocenters. The number of carbonyl (C=O) groups is 1. The maximum atomic E-state index is 12.0. The minimum Gasteiger partial charge on any atom is -0.508 e. The van der Waals surface area contributed by atoms with Crippen LogP contribution in [0.2, 0.25) is 0 Å². The highest BCUT2D eigenvalue weighted by atomic mass is 79.9. The van der Waals surface area contributed by atoms with E-state index in [0.717, 1.165) is 21.3 Å². The third-order valence-corrected chi connectivity index (χ3v) is 4.16. The molecule has 27 heavy (non-hydrogen) atoms. The Bertz CT molecular complexity index is 967. The second kappa shape index (κ2) is 8.50. The number of rotatable bonds is 6. The fraction of sp³-hybridized carbons (Fsp3) is 0.105. The topological polar surface area (TPSA) is 88.7 Å². The number of halogens is 1. The molecule has 2 aromatic carbocycles. The fourth-order valence-corrected chi connectivity index (χ4v) is 2.77. The van der Waals surface area contributed by atoms with Gasteiger partial charge in [0.15, 0.2) is 0 Å². The lowest BCUT2D eigenvalue weighted by molar-refractivity contribution is 0.0955. The average molecular weight is 429 g/mol. The number of phenolic OH excluding ortho intramolecular Hbond substituents is 1. The van der Waals surface area contributed by atoms with Crippen molar-refractivity contribution in [1.82, 2.24) is 15.2 Å². The highest BCUT2D eigenvalue weighted by Crippen LogP contribution is 2.21. The summed E-state index contributed by atoms with van der Waals surface area (Å²) in [5.41, 5.74) is 4.61. The molecule has 3 aromatic rings. The lowest BCUT2D eigenvalue weighted by atomic mass is 10.1. The average Bonchev–Trinajstić information content (AvgIpc) is 3.07. The van der Waals surface area contributed by atoms with Gasteiger partial charge in [-0.05, 0) is 64.0 Å². The van der Waals surface area contributed by atoms with Gasteiger partial charge < -0.3 is 9.84 Å². The summed E-state index contributed by atoms with van der Waals surface area (Å²) in [6, 6.07) is 11.5. The van der Waals surface area contributed by atoms with Crippen molar-refractivity contribution in [2.24, 2.45) is 5.10 Å². The highest BCUT2D eigenvalue weighted by molar-refractivity contribution is 9.10. The van der Waals surface area contributed by atoms with E-state index in [-0.39, 0.29) is 11.7 Å². The van der Waals surface area contributed by atoms with E-state index < -0.39 is 0 Å². The number of hydrazone groups is 1. The van der Waals surface area contributed by atoms with E-state index in [0.29, 0.717) is 12.1 Å². The molecule has 138 valence electrons. The summed E-state index contributed by atoms with van der Waals surface area (Å²) in [6.07, 6.45) is 5.15. The van der Waals surface area contributed by atoms with Crippen molar-refractivity contribution in [1.29, 1.82) is 0 Å². The van der Waals surface area contributed by atoms with Gasteiger partial charge in [0.1, 0.15) is 11.5 Å². The van der Waals surface area contributed by atoms with Crippen molar-refractivity contribution < 1.29 is 14.6 Å². The third kappa shape index (κ3) is 4.95.